The van der Waals surface area contributed by atoms with Crippen LogP contribution in [-0.2, 0) is 0 Å². The van der Waals surface area contributed by atoms with Gasteiger partial charge in [-0.1, -0.05) is 45.2 Å². The topological polar surface area (TPSA) is 63.4 Å². The van der Waals surface area contributed by atoms with Gasteiger partial charge in [-0.05, 0) is 19.8 Å². The van der Waals surface area contributed by atoms with Gasteiger partial charge in [0.25, 0.3) is 10.5 Å². The summed E-state index contributed by atoms with van der Waals surface area (Å²) in [4.78, 5) is 21.6. The summed E-state index contributed by atoms with van der Waals surface area (Å²) in [5.74, 6) is 0. The van der Waals surface area contributed by atoms with E-state index in [2.05, 4.69) is 51.4 Å². The molecule has 0 aliphatic carbocycles. The molecule has 0 fully saturated rings. The first-order chi connectivity index (χ1) is 7.87. The zero-order valence-corrected chi connectivity index (χ0v) is 12.6. The summed E-state index contributed by atoms with van der Waals surface area (Å²) in [7, 11) is 0. The second-order valence-corrected chi connectivity index (χ2v) is 3.84. The highest BCUT2D eigenvalue weighted by Crippen LogP contribution is 1.98. The third kappa shape index (κ3) is 31.3. The van der Waals surface area contributed by atoms with Gasteiger partial charge in [0.05, 0.1) is 0 Å². The van der Waals surface area contributed by atoms with Gasteiger partial charge in [0.1, 0.15) is 0 Å². The van der Waals surface area contributed by atoms with Gasteiger partial charge in [0.15, 0.2) is 0 Å². The highest BCUT2D eigenvalue weighted by molar-refractivity contribution is 7.96. The molecule has 0 saturated heterocycles. The van der Waals surface area contributed by atoms with E-state index in [-0.39, 0.29) is 5.24 Å². The van der Waals surface area contributed by atoms with Crippen LogP contribution in [0.3, 0.4) is 0 Å². The SMILES string of the molecule is C=CC.CCCN(CCC)C(=O)S.NC(=O)S. The van der Waals surface area contributed by atoms with Crippen molar-refractivity contribution < 1.29 is 9.59 Å². The Morgan fingerprint density at radius 2 is 1.47 bits per heavy atom. The number of amides is 2. The summed E-state index contributed by atoms with van der Waals surface area (Å²) in [6.45, 7) is 11.0. The lowest BCUT2D eigenvalue weighted by molar-refractivity contribution is 0.223. The molecule has 0 atom stereocenters. The van der Waals surface area contributed by atoms with Crippen molar-refractivity contribution in [3.05, 3.63) is 12.7 Å². The minimum absolute atomic E-state index is 0.108. The summed E-state index contributed by atoms with van der Waals surface area (Å²) >= 11 is 6.85. The molecular weight excluding hydrogens is 256 g/mol. The van der Waals surface area contributed by atoms with E-state index >= 15 is 0 Å². The Kier molecular flexibility index (Phi) is 22.6. The van der Waals surface area contributed by atoms with Crippen LogP contribution in [0.25, 0.3) is 0 Å². The Hall–Kier alpha value is -0.620. The van der Waals surface area contributed by atoms with Crippen molar-refractivity contribution in [2.45, 2.75) is 33.6 Å². The van der Waals surface area contributed by atoms with Crippen molar-refractivity contribution in [3.8, 4) is 0 Å². The predicted molar refractivity (Wildman–Crippen MR) is 81.0 cm³/mol. The van der Waals surface area contributed by atoms with E-state index in [1.807, 2.05) is 6.92 Å². The molecule has 17 heavy (non-hydrogen) atoms. The first-order valence-corrected chi connectivity index (χ1v) is 6.29. The number of hydrogen-bond donors (Lipinski definition) is 3. The molecule has 0 saturated carbocycles. The Morgan fingerprint density at radius 1 is 1.24 bits per heavy atom. The second-order valence-electron chi connectivity index (χ2n) is 3.02. The molecule has 0 aliphatic heterocycles. The van der Waals surface area contributed by atoms with Crippen LogP contribution in [0.15, 0.2) is 12.7 Å². The van der Waals surface area contributed by atoms with Crippen LogP contribution in [0.1, 0.15) is 33.6 Å². The number of carbonyl (C=O) groups excluding carboxylic acids is 2. The monoisotopic (exact) mass is 280 g/mol. The van der Waals surface area contributed by atoms with Gasteiger partial charge in [0.2, 0.25) is 0 Å². The molecule has 6 heteroatoms. The molecule has 0 aromatic carbocycles. The molecule has 0 aromatic rings. The van der Waals surface area contributed by atoms with Crippen LogP contribution in [0.2, 0.25) is 0 Å². The first-order valence-electron chi connectivity index (χ1n) is 5.40. The minimum Gasteiger partial charge on any atom is -0.361 e. The van der Waals surface area contributed by atoms with Crippen LogP contribution in [0.5, 0.6) is 0 Å². The number of allylic oxidation sites excluding steroid dienone is 1. The lowest BCUT2D eigenvalue weighted by Gasteiger charge is -2.17. The van der Waals surface area contributed by atoms with Crippen LogP contribution >= 0.6 is 25.3 Å². The number of carbonyl (C=O) groups is 2. The van der Waals surface area contributed by atoms with Gasteiger partial charge in [-0.15, -0.1) is 6.58 Å². The van der Waals surface area contributed by atoms with Crippen molar-refractivity contribution in [1.82, 2.24) is 4.90 Å². The average molecular weight is 280 g/mol. The van der Waals surface area contributed by atoms with Gasteiger partial charge < -0.3 is 10.6 Å². The maximum Gasteiger partial charge on any atom is 0.278 e. The Bertz CT molecular complexity index is 202. The van der Waals surface area contributed by atoms with Crippen molar-refractivity contribution in [2.24, 2.45) is 5.73 Å². The molecular formula is C11H24N2O2S2. The van der Waals surface area contributed by atoms with Crippen molar-refractivity contribution in [1.29, 1.82) is 0 Å². The Labute approximate surface area is 115 Å². The number of primary amides is 1. The molecule has 0 aliphatic rings. The van der Waals surface area contributed by atoms with Crippen molar-refractivity contribution in [2.75, 3.05) is 13.1 Å². The standard InChI is InChI=1S/C7H15NOS.C3H6.CH3NOS/c1-3-5-8(6-4-2)7(9)10;1-3-2;2-1(3)4/h3-6H2,1-2H3,(H,9,10);3H,1H2,2H3;(H3,2,3,4). The minimum atomic E-state index is -0.639. The van der Waals surface area contributed by atoms with E-state index in [9.17, 15) is 4.79 Å². The zero-order chi connectivity index (χ0) is 14.3. The number of hydrogen-bond acceptors (Lipinski definition) is 2. The number of nitrogens with zero attached hydrogens (tertiary/aromatic N) is 1. The fourth-order valence-corrected chi connectivity index (χ4v) is 1.04. The summed E-state index contributed by atoms with van der Waals surface area (Å²) in [6, 6.07) is 0. The predicted octanol–water partition coefficient (Wildman–Crippen LogP) is 3.35. The summed E-state index contributed by atoms with van der Waals surface area (Å²) in [5, 5.41) is -0.747. The molecule has 0 unspecified atom stereocenters. The molecule has 102 valence electrons. The van der Waals surface area contributed by atoms with Crippen molar-refractivity contribution >= 4 is 35.7 Å². The Morgan fingerprint density at radius 3 is 1.59 bits per heavy atom. The quantitative estimate of drug-likeness (QED) is 0.546. The summed E-state index contributed by atoms with van der Waals surface area (Å²) < 4.78 is 0. The third-order valence-corrected chi connectivity index (χ3v) is 1.54. The zero-order valence-electron chi connectivity index (χ0n) is 10.8. The lowest BCUT2D eigenvalue weighted by Crippen LogP contribution is -2.27. The fraction of sp³-hybridized carbons (Fsp3) is 0.636. The van der Waals surface area contributed by atoms with Crippen molar-refractivity contribution in [3.63, 3.8) is 0 Å². The normalized spacial score (nSPS) is 7.82. The third-order valence-electron chi connectivity index (χ3n) is 1.26. The Balaban J connectivity index is -0.000000232. The van der Waals surface area contributed by atoms with E-state index in [1.165, 1.54) is 0 Å². The molecule has 2 N–H and O–H groups in total. The van der Waals surface area contributed by atoms with E-state index in [1.54, 1.807) is 11.0 Å². The van der Waals surface area contributed by atoms with Crippen LogP contribution in [0, 0.1) is 0 Å². The molecule has 0 bridgehead atoms. The molecule has 0 spiro atoms. The molecule has 2 amide bonds. The number of thiol groups is 2. The lowest BCUT2D eigenvalue weighted by atomic mass is 10.4. The molecule has 0 radical (unpaired) electrons. The van der Waals surface area contributed by atoms with Gasteiger partial charge in [-0.2, -0.15) is 0 Å². The smallest absolute Gasteiger partial charge is 0.278 e. The maximum absolute atomic E-state index is 10.7. The maximum atomic E-state index is 10.7. The van der Waals surface area contributed by atoms with E-state index in [0.717, 1.165) is 25.9 Å². The summed E-state index contributed by atoms with van der Waals surface area (Å²) in [5.41, 5.74) is 4.34. The molecule has 4 nitrogen and oxygen atoms in total. The fourth-order valence-electron chi connectivity index (χ4n) is 0.843. The van der Waals surface area contributed by atoms with E-state index < -0.39 is 5.24 Å². The van der Waals surface area contributed by atoms with Crippen LogP contribution < -0.4 is 5.73 Å². The van der Waals surface area contributed by atoms with E-state index in [0.29, 0.717) is 0 Å². The average Bonchev–Trinajstić information content (AvgIpc) is 2.17. The highest BCUT2D eigenvalue weighted by atomic mass is 32.1. The van der Waals surface area contributed by atoms with Gasteiger partial charge >= 0.3 is 0 Å². The second kappa shape index (κ2) is 17.8. The largest absolute Gasteiger partial charge is 0.361 e. The highest BCUT2D eigenvalue weighted by Gasteiger charge is 2.04. The van der Waals surface area contributed by atoms with E-state index in [4.69, 9.17) is 4.79 Å². The molecule has 0 heterocycles. The number of rotatable bonds is 4. The van der Waals surface area contributed by atoms with Crippen LogP contribution in [-0.4, -0.2) is 28.5 Å². The van der Waals surface area contributed by atoms with Gasteiger partial charge in [0, 0.05) is 13.1 Å². The van der Waals surface area contributed by atoms with Gasteiger partial charge in [-0.3, -0.25) is 9.59 Å². The number of nitrogens with two attached hydrogens (primary N) is 1. The van der Waals surface area contributed by atoms with Gasteiger partial charge in [-0.25, -0.2) is 0 Å². The molecule has 0 aromatic heterocycles. The molecule has 0 rings (SSSR count). The van der Waals surface area contributed by atoms with Crippen LogP contribution in [0.4, 0.5) is 9.59 Å². The first kappa shape index (κ1) is 21.6. The summed E-state index contributed by atoms with van der Waals surface area (Å²) in [6.07, 6.45) is 3.76.